The van der Waals surface area contributed by atoms with Crippen molar-refractivity contribution in [3.05, 3.63) is 53.6 Å². The highest BCUT2D eigenvalue weighted by Crippen LogP contribution is 2.29. The Morgan fingerprint density at radius 3 is 2.32 bits per heavy atom. The molecule has 118 valence electrons. The molecule has 0 aliphatic heterocycles. The van der Waals surface area contributed by atoms with Crippen LogP contribution in [0.5, 0.6) is 5.75 Å². The largest absolute Gasteiger partial charge is 0.491 e. The number of hydrogen-bond acceptors (Lipinski definition) is 3. The fourth-order valence-electron chi connectivity index (χ4n) is 1.80. The van der Waals surface area contributed by atoms with Gasteiger partial charge in [-0.25, -0.2) is 17.2 Å². The van der Waals surface area contributed by atoms with Crippen LogP contribution >= 0.6 is 0 Å². The first-order chi connectivity index (χ1) is 10.3. The third-order valence-electron chi connectivity index (χ3n) is 2.92. The zero-order valence-electron chi connectivity index (χ0n) is 12.1. The summed E-state index contributed by atoms with van der Waals surface area (Å²) in [5.74, 6) is -2.32. The predicted molar refractivity (Wildman–Crippen MR) is 79.5 cm³/mol. The molecule has 2 rings (SSSR count). The quantitative estimate of drug-likeness (QED) is 0.915. The van der Waals surface area contributed by atoms with Crippen molar-refractivity contribution < 1.29 is 21.9 Å². The number of ether oxygens (including phenoxy) is 1. The number of hydrogen-bond donors (Lipinski definition) is 1. The average Bonchev–Trinajstić information content (AvgIpc) is 2.47. The van der Waals surface area contributed by atoms with E-state index in [4.69, 9.17) is 4.74 Å². The second-order valence-corrected chi connectivity index (χ2v) is 6.27. The van der Waals surface area contributed by atoms with Crippen molar-refractivity contribution >= 4 is 15.7 Å². The van der Waals surface area contributed by atoms with E-state index in [-0.39, 0.29) is 17.3 Å². The average molecular weight is 327 g/mol. The fraction of sp³-hybridized carbons (Fsp3) is 0.200. The minimum atomic E-state index is -4.09. The van der Waals surface area contributed by atoms with Crippen molar-refractivity contribution in [3.8, 4) is 5.75 Å². The molecule has 2 aromatic rings. The zero-order valence-corrected chi connectivity index (χ0v) is 12.9. The van der Waals surface area contributed by atoms with Gasteiger partial charge in [0.15, 0.2) is 17.4 Å². The zero-order chi connectivity index (χ0) is 16.3. The molecule has 7 heteroatoms. The minimum absolute atomic E-state index is 0.0845. The molecule has 22 heavy (non-hydrogen) atoms. The van der Waals surface area contributed by atoms with Crippen LogP contribution in [0.2, 0.25) is 0 Å². The molecule has 2 aromatic carbocycles. The third kappa shape index (κ3) is 3.36. The van der Waals surface area contributed by atoms with Gasteiger partial charge in [0, 0.05) is 0 Å². The summed E-state index contributed by atoms with van der Waals surface area (Å²) in [6, 6.07) is 7.97. The molecule has 0 saturated heterocycles. The lowest BCUT2D eigenvalue weighted by molar-refractivity contribution is 0.321. The SMILES string of the molecule is CCOc1ccc(F)c(NS(=O)(=O)c2ccc(C)cc2)c1F. The predicted octanol–water partition coefficient (Wildman–Crippen LogP) is 3.47. The fourth-order valence-corrected chi connectivity index (χ4v) is 2.87. The molecule has 0 heterocycles. The number of anilines is 1. The first-order valence-electron chi connectivity index (χ1n) is 6.55. The van der Waals surface area contributed by atoms with Crippen LogP contribution in [-0.2, 0) is 10.0 Å². The molecule has 0 aliphatic carbocycles. The van der Waals surface area contributed by atoms with Gasteiger partial charge in [-0.2, -0.15) is 0 Å². The highest BCUT2D eigenvalue weighted by atomic mass is 32.2. The molecule has 0 aliphatic rings. The van der Waals surface area contributed by atoms with Crippen LogP contribution in [0.25, 0.3) is 0 Å². The van der Waals surface area contributed by atoms with Gasteiger partial charge in [0.1, 0.15) is 5.69 Å². The molecule has 0 unspecified atom stereocenters. The smallest absolute Gasteiger partial charge is 0.262 e. The van der Waals surface area contributed by atoms with E-state index in [0.29, 0.717) is 0 Å². The number of benzene rings is 2. The Labute approximate surface area is 127 Å². The van der Waals surface area contributed by atoms with E-state index in [0.717, 1.165) is 17.7 Å². The van der Waals surface area contributed by atoms with Crippen LogP contribution in [0, 0.1) is 18.6 Å². The molecule has 0 atom stereocenters. The summed E-state index contributed by atoms with van der Waals surface area (Å²) in [6.07, 6.45) is 0. The van der Waals surface area contributed by atoms with E-state index in [1.54, 1.807) is 26.0 Å². The number of sulfonamides is 1. The molecule has 1 N–H and O–H groups in total. The molecule has 0 bridgehead atoms. The topological polar surface area (TPSA) is 55.4 Å². The summed E-state index contributed by atoms with van der Waals surface area (Å²) >= 11 is 0. The lowest BCUT2D eigenvalue weighted by atomic mass is 10.2. The Balaban J connectivity index is 2.41. The summed E-state index contributed by atoms with van der Waals surface area (Å²) in [6.45, 7) is 3.61. The van der Waals surface area contributed by atoms with E-state index in [1.807, 2.05) is 4.72 Å². The maximum Gasteiger partial charge on any atom is 0.262 e. The molecule has 0 aromatic heterocycles. The third-order valence-corrected chi connectivity index (χ3v) is 4.29. The molecule has 0 spiro atoms. The number of aryl methyl sites for hydroxylation is 1. The van der Waals surface area contributed by atoms with Crippen molar-refractivity contribution in [2.24, 2.45) is 0 Å². The lowest BCUT2D eigenvalue weighted by Gasteiger charge is -2.12. The van der Waals surface area contributed by atoms with E-state index in [2.05, 4.69) is 0 Å². The highest BCUT2D eigenvalue weighted by Gasteiger charge is 2.21. The van der Waals surface area contributed by atoms with Gasteiger partial charge in [0.05, 0.1) is 11.5 Å². The Morgan fingerprint density at radius 2 is 1.73 bits per heavy atom. The summed E-state index contributed by atoms with van der Waals surface area (Å²) in [5, 5.41) is 0. The van der Waals surface area contributed by atoms with Gasteiger partial charge in [-0.1, -0.05) is 17.7 Å². The Bertz CT molecular complexity index is 774. The van der Waals surface area contributed by atoms with Gasteiger partial charge in [-0.3, -0.25) is 4.72 Å². The number of halogens is 2. The van der Waals surface area contributed by atoms with E-state index in [9.17, 15) is 17.2 Å². The lowest BCUT2D eigenvalue weighted by Crippen LogP contribution is -2.15. The van der Waals surface area contributed by atoms with Gasteiger partial charge in [0.2, 0.25) is 0 Å². The van der Waals surface area contributed by atoms with Gasteiger partial charge < -0.3 is 4.74 Å². The van der Waals surface area contributed by atoms with Crippen LogP contribution < -0.4 is 9.46 Å². The monoisotopic (exact) mass is 327 g/mol. The molecule has 0 saturated carbocycles. The van der Waals surface area contributed by atoms with Crippen molar-refractivity contribution in [1.29, 1.82) is 0 Å². The Kier molecular flexibility index (Phi) is 4.65. The van der Waals surface area contributed by atoms with Crippen LogP contribution in [-0.4, -0.2) is 15.0 Å². The first-order valence-corrected chi connectivity index (χ1v) is 8.03. The van der Waals surface area contributed by atoms with Crippen molar-refractivity contribution in [2.45, 2.75) is 18.7 Å². The second kappa shape index (κ2) is 6.31. The molecule has 0 radical (unpaired) electrons. The van der Waals surface area contributed by atoms with Crippen LogP contribution in [0.15, 0.2) is 41.3 Å². The van der Waals surface area contributed by atoms with Crippen LogP contribution in [0.3, 0.4) is 0 Å². The number of nitrogens with one attached hydrogen (secondary N) is 1. The maximum atomic E-state index is 14.1. The maximum absolute atomic E-state index is 14.1. The van der Waals surface area contributed by atoms with Crippen LogP contribution in [0.4, 0.5) is 14.5 Å². The summed E-state index contributed by atoms with van der Waals surface area (Å²) in [7, 11) is -4.09. The summed E-state index contributed by atoms with van der Waals surface area (Å²) in [5.41, 5.74) is 0.112. The van der Waals surface area contributed by atoms with Crippen molar-refractivity contribution in [3.63, 3.8) is 0 Å². The van der Waals surface area contributed by atoms with E-state index >= 15 is 0 Å². The minimum Gasteiger partial charge on any atom is -0.491 e. The Morgan fingerprint density at radius 1 is 1.09 bits per heavy atom. The number of rotatable bonds is 5. The molecular weight excluding hydrogens is 312 g/mol. The van der Waals surface area contributed by atoms with Crippen LogP contribution in [0.1, 0.15) is 12.5 Å². The van der Waals surface area contributed by atoms with Gasteiger partial charge in [0.25, 0.3) is 10.0 Å². The van der Waals surface area contributed by atoms with Crippen molar-refractivity contribution in [2.75, 3.05) is 11.3 Å². The standard InChI is InChI=1S/C15H15F2NO3S/c1-3-21-13-9-8-12(16)15(14(13)17)18-22(19,20)11-6-4-10(2)5-7-11/h4-9,18H,3H2,1-2H3. The molecular formula is C15H15F2NO3S. The highest BCUT2D eigenvalue weighted by molar-refractivity contribution is 7.92. The van der Waals surface area contributed by atoms with Crippen molar-refractivity contribution in [1.82, 2.24) is 0 Å². The second-order valence-electron chi connectivity index (χ2n) is 4.59. The summed E-state index contributed by atoms with van der Waals surface area (Å²) < 4.78 is 59.2. The van der Waals surface area contributed by atoms with Gasteiger partial charge in [-0.15, -0.1) is 0 Å². The van der Waals surface area contributed by atoms with E-state index in [1.165, 1.54) is 12.1 Å². The first kappa shape index (κ1) is 16.2. The van der Waals surface area contributed by atoms with Gasteiger partial charge in [-0.05, 0) is 38.1 Å². The summed E-state index contributed by atoms with van der Waals surface area (Å²) in [4.78, 5) is -0.0845. The Hall–Kier alpha value is -2.15. The molecule has 0 fully saturated rings. The van der Waals surface area contributed by atoms with Gasteiger partial charge >= 0.3 is 0 Å². The van der Waals surface area contributed by atoms with E-state index < -0.39 is 27.3 Å². The molecule has 0 amide bonds. The normalized spacial score (nSPS) is 11.3. The molecule has 4 nitrogen and oxygen atoms in total.